The van der Waals surface area contributed by atoms with Gasteiger partial charge < -0.3 is 0 Å². The Morgan fingerprint density at radius 3 is 1.61 bits per heavy atom. The van der Waals surface area contributed by atoms with Gasteiger partial charge in [-0.2, -0.15) is 0 Å². The molecule has 0 nitrogen and oxygen atoms in total. The second kappa shape index (κ2) is 21.7. The van der Waals surface area contributed by atoms with Crippen molar-refractivity contribution in [2.24, 2.45) is 0 Å². The highest BCUT2D eigenvalue weighted by molar-refractivity contribution is 5.85. The van der Waals surface area contributed by atoms with Gasteiger partial charge in [-0.15, -0.1) is 0 Å². The minimum atomic E-state index is 0.0889. The monoisotopic (exact) mass is 873 g/mol. The van der Waals surface area contributed by atoms with Crippen molar-refractivity contribution in [3.63, 3.8) is 0 Å². The first-order chi connectivity index (χ1) is 32.6. The Morgan fingerprint density at radius 1 is 0.478 bits per heavy atom. The Morgan fingerprint density at radius 2 is 1.01 bits per heavy atom. The van der Waals surface area contributed by atoms with E-state index in [1.165, 1.54) is 138 Å². The van der Waals surface area contributed by atoms with Crippen LogP contribution in [0.5, 0.6) is 0 Å². The zero-order valence-corrected chi connectivity index (χ0v) is 41.0. The number of hydrogen-bond acceptors (Lipinski definition) is 0. The van der Waals surface area contributed by atoms with Gasteiger partial charge in [0.15, 0.2) is 0 Å². The van der Waals surface area contributed by atoms with E-state index < -0.39 is 0 Å². The van der Waals surface area contributed by atoms with Gasteiger partial charge in [-0.25, -0.2) is 0 Å². The Balaban J connectivity index is 0.000000165. The lowest BCUT2D eigenvalue weighted by molar-refractivity contribution is 0.659. The SMILES string of the molecule is C/C=C/Cc1c(-c2ccc(-c3ccc(-c4ccc(C)cc4)cc3)cc2)cccc1-c1ccccc1C.CCCC1=CCCC=C1.Cc1ccc2c(c1)C(C)(C)c1cc(C3=CCCC=C3)ccc1-2. The minimum absolute atomic E-state index is 0.0889. The maximum Gasteiger partial charge on any atom is 0.0159 e. The van der Waals surface area contributed by atoms with Crippen molar-refractivity contribution in [2.45, 2.75) is 98.8 Å². The zero-order chi connectivity index (χ0) is 46.8. The molecule has 0 fully saturated rings. The van der Waals surface area contributed by atoms with Crippen LogP contribution in [-0.4, -0.2) is 0 Å². The average molecular weight is 873 g/mol. The first-order valence-electron chi connectivity index (χ1n) is 24.7. The molecule has 0 unspecified atom stereocenters. The van der Waals surface area contributed by atoms with E-state index in [1.807, 2.05) is 0 Å². The Hall–Kier alpha value is -6.76. The molecule has 67 heavy (non-hydrogen) atoms. The minimum Gasteiger partial charge on any atom is -0.0913 e. The van der Waals surface area contributed by atoms with E-state index in [-0.39, 0.29) is 5.41 Å². The molecule has 0 heterocycles. The van der Waals surface area contributed by atoms with Gasteiger partial charge in [-0.3, -0.25) is 0 Å². The number of hydrogen-bond donors (Lipinski definition) is 0. The number of aryl methyl sites for hydroxylation is 3. The lowest BCUT2D eigenvalue weighted by Gasteiger charge is -2.22. The molecule has 0 saturated carbocycles. The molecule has 0 aromatic heterocycles. The average Bonchev–Trinajstić information content (AvgIpc) is 3.59. The smallest absolute Gasteiger partial charge is 0.0159 e. The quantitative estimate of drug-likeness (QED) is 0.127. The molecule has 0 saturated heterocycles. The van der Waals surface area contributed by atoms with Crippen LogP contribution in [0.1, 0.15) is 105 Å². The molecule has 3 aliphatic rings. The summed E-state index contributed by atoms with van der Waals surface area (Å²) in [6.45, 7) is 15.5. The van der Waals surface area contributed by atoms with Crippen LogP contribution in [0, 0.1) is 20.8 Å². The highest BCUT2D eigenvalue weighted by Gasteiger charge is 2.35. The second-order valence-electron chi connectivity index (χ2n) is 19.0. The first kappa shape index (κ1) is 46.8. The van der Waals surface area contributed by atoms with Crippen LogP contribution in [0.15, 0.2) is 206 Å². The molecule has 10 rings (SSSR count). The van der Waals surface area contributed by atoms with Crippen LogP contribution in [0.2, 0.25) is 0 Å². The summed E-state index contributed by atoms with van der Waals surface area (Å²) in [5.74, 6) is 0. The Bertz CT molecular complexity index is 2960. The molecule has 0 heteroatoms. The highest BCUT2D eigenvalue weighted by Crippen LogP contribution is 2.49. The molecular formula is C67H68. The summed E-state index contributed by atoms with van der Waals surface area (Å²) >= 11 is 0. The van der Waals surface area contributed by atoms with Crippen LogP contribution < -0.4 is 0 Å². The normalized spacial score (nSPS) is 14.3. The maximum atomic E-state index is 2.41. The topological polar surface area (TPSA) is 0 Å². The molecule has 0 spiro atoms. The fourth-order valence-electron chi connectivity index (χ4n) is 9.88. The fraction of sp³-hybridized carbons (Fsp3) is 0.224. The molecular weight excluding hydrogens is 805 g/mol. The zero-order valence-electron chi connectivity index (χ0n) is 41.0. The van der Waals surface area contributed by atoms with E-state index in [1.54, 1.807) is 0 Å². The predicted molar refractivity (Wildman–Crippen MR) is 293 cm³/mol. The molecule has 0 bridgehead atoms. The molecule has 336 valence electrons. The molecule has 7 aromatic rings. The largest absolute Gasteiger partial charge is 0.0913 e. The van der Waals surface area contributed by atoms with Crippen molar-refractivity contribution in [1.82, 2.24) is 0 Å². The molecule has 0 aliphatic heterocycles. The van der Waals surface area contributed by atoms with Gasteiger partial charge in [-0.1, -0.05) is 238 Å². The summed E-state index contributed by atoms with van der Waals surface area (Å²) in [5, 5.41) is 0. The Labute approximate surface area is 402 Å². The molecule has 7 aromatic carbocycles. The number of allylic oxidation sites excluding steroid dienone is 10. The van der Waals surface area contributed by atoms with Crippen LogP contribution >= 0.6 is 0 Å². The van der Waals surface area contributed by atoms with E-state index in [9.17, 15) is 0 Å². The summed E-state index contributed by atoms with van der Waals surface area (Å²) in [6.07, 6.45) is 26.5. The fourth-order valence-corrected chi connectivity index (χ4v) is 9.88. The number of rotatable bonds is 9. The summed E-state index contributed by atoms with van der Waals surface area (Å²) in [6, 6.07) is 55.9. The van der Waals surface area contributed by atoms with Crippen molar-refractivity contribution in [3.8, 4) is 55.6 Å². The van der Waals surface area contributed by atoms with Crippen LogP contribution in [0.3, 0.4) is 0 Å². The van der Waals surface area contributed by atoms with Gasteiger partial charge in [0.25, 0.3) is 0 Å². The van der Waals surface area contributed by atoms with E-state index in [4.69, 9.17) is 0 Å². The third-order valence-corrected chi connectivity index (χ3v) is 13.7. The first-order valence-corrected chi connectivity index (χ1v) is 24.7. The maximum absolute atomic E-state index is 2.41. The summed E-state index contributed by atoms with van der Waals surface area (Å²) in [4.78, 5) is 0. The molecule has 0 amide bonds. The van der Waals surface area contributed by atoms with E-state index in [0.29, 0.717) is 0 Å². The molecule has 0 radical (unpaired) electrons. The van der Waals surface area contributed by atoms with Gasteiger partial charge in [0, 0.05) is 5.41 Å². The Kier molecular flexibility index (Phi) is 15.1. The predicted octanol–water partition coefficient (Wildman–Crippen LogP) is 19.2. The van der Waals surface area contributed by atoms with Crippen molar-refractivity contribution in [1.29, 1.82) is 0 Å². The van der Waals surface area contributed by atoms with Crippen molar-refractivity contribution >= 4 is 5.57 Å². The van der Waals surface area contributed by atoms with E-state index in [0.717, 1.165) is 12.8 Å². The standard InChI is InChI=1S/C36H32.C22H22.C9H14/c1-4-5-10-36-34(12-8-13-35(36)33-11-7-6-9-27(33)3)32-24-22-31(23-25-32)30-20-18-29(19-21-30)28-16-14-26(2)15-17-28;1-15-9-11-18-19-12-10-17(16-7-5-4-6-8-16)14-21(19)22(2,3)20(18)13-15;1-2-6-9-7-4-3-5-8-9/h4-9,11-25H,10H2,1-3H3;5,7-14H,4,6H2,1-3H3;4,7-8H,2-3,5-6H2,1H3/b5-4+;;. The van der Waals surface area contributed by atoms with Gasteiger partial charge in [0.05, 0.1) is 0 Å². The number of fused-ring (bicyclic) bond motifs is 3. The second-order valence-corrected chi connectivity index (χ2v) is 19.0. The highest BCUT2D eigenvalue weighted by atomic mass is 14.4. The summed E-state index contributed by atoms with van der Waals surface area (Å²) in [5.41, 5.74) is 25.6. The van der Waals surface area contributed by atoms with Crippen molar-refractivity contribution < 1.29 is 0 Å². The van der Waals surface area contributed by atoms with Crippen molar-refractivity contribution in [3.05, 3.63) is 245 Å². The van der Waals surface area contributed by atoms with Gasteiger partial charge in [-0.05, 0) is 161 Å². The van der Waals surface area contributed by atoms with Gasteiger partial charge >= 0.3 is 0 Å². The molecule has 0 atom stereocenters. The lowest BCUT2D eigenvalue weighted by atomic mass is 9.81. The molecule has 3 aliphatic carbocycles. The molecule has 0 N–H and O–H groups in total. The van der Waals surface area contributed by atoms with Crippen LogP contribution in [0.25, 0.3) is 61.2 Å². The van der Waals surface area contributed by atoms with Crippen molar-refractivity contribution in [2.75, 3.05) is 0 Å². The third-order valence-electron chi connectivity index (χ3n) is 13.7. The summed E-state index contributed by atoms with van der Waals surface area (Å²) < 4.78 is 0. The van der Waals surface area contributed by atoms with E-state index in [2.05, 4.69) is 249 Å². The summed E-state index contributed by atoms with van der Waals surface area (Å²) in [7, 11) is 0. The van der Waals surface area contributed by atoms with Gasteiger partial charge in [0.1, 0.15) is 0 Å². The number of benzene rings is 7. The van der Waals surface area contributed by atoms with E-state index >= 15 is 0 Å². The third kappa shape index (κ3) is 10.9. The lowest BCUT2D eigenvalue weighted by Crippen LogP contribution is -2.15. The van der Waals surface area contributed by atoms with Crippen LogP contribution in [-0.2, 0) is 11.8 Å². The van der Waals surface area contributed by atoms with Gasteiger partial charge in [0.2, 0.25) is 0 Å². The van der Waals surface area contributed by atoms with Crippen LogP contribution in [0.4, 0.5) is 0 Å².